The summed E-state index contributed by atoms with van der Waals surface area (Å²) in [5.74, 6) is 0.314. The van der Waals surface area contributed by atoms with Gasteiger partial charge >= 0.3 is 0 Å². The molecule has 1 aromatic carbocycles. The number of hydrogen-bond donors (Lipinski definition) is 2. The zero-order valence-corrected chi connectivity index (χ0v) is 21.8. The molecule has 0 bridgehead atoms. The molecule has 2 aromatic rings. The van der Waals surface area contributed by atoms with Gasteiger partial charge in [-0.05, 0) is 45.2 Å². The SMILES string of the molecule is CC(C)(O)Cn1ccc(NC(=O)[C@H](C[C@H]2CCCCO2)N2CC(Oc3cccc(Cl)c3Cl)=CC2=O)n1. The molecule has 36 heavy (non-hydrogen) atoms. The number of hydrogen-bond acceptors (Lipinski definition) is 6. The average molecular weight is 537 g/mol. The molecule has 194 valence electrons. The van der Waals surface area contributed by atoms with Gasteiger partial charge in [-0.1, -0.05) is 29.3 Å². The van der Waals surface area contributed by atoms with Crippen LogP contribution in [0.4, 0.5) is 5.82 Å². The van der Waals surface area contributed by atoms with E-state index in [4.69, 9.17) is 32.7 Å². The van der Waals surface area contributed by atoms with Gasteiger partial charge in [0.05, 0.1) is 29.8 Å². The number of aliphatic hydroxyl groups is 1. The Balaban J connectivity index is 1.48. The molecule has 2 N–H and O–H groups in total. The first-order valence-corrected chi connectivity index (χ1v) is 12.7. The molecular weight excluding hydrogens is 507 g/mol. The van der Waals surface area contributed by atoms with Gasteiger partial charge in [-0.15, -0.1) is 0 Å². The summed E-state index contributed by atoms with van der Waals surface area (Å²) in [6.45, 7) is 4.35. The summed E-state index contributed by atoms with van der Waals surface area (Å²) in [4.78, 5) is 27.9. The monoisotopic (exact) mass is 536 g/mol. The summed E-state index contributed by atoms with van der Waals surface area (Å²) in [7, 11) is 0. The molecule has 4 rings (SSSR count). The maximum Gasteiger partial charge on any atom is 0.251 e. The van der Waals surface area contributed by atoms with Crippen LogP contribution >= 0.6 is 23.2 Å². The average Bonchev–Trinajstić information content (AvgIpc) is 3.40. The van der Waals surface area contributed by atoms with Gasteiger partial charge in [0.1, 0.15) is 22.6 Å². The van der Waals surface area contributed by atoms with Crippen LogP contribution in [0.5, 0.6) is 5.75 Å². The third-order valence-electron chi connectivity index (χ3n) is 5.93. The van der Waals surface area contributed by atoms with Gasteiger partial charge in [-0.3, -0.25) is 14.3 Å². The van der Waals surface area contributed by atoms with Gasteiger partial charge in [0.25, 0.3) is 5.91 Å². The fraction of sp³-hybridized carbons (Fsp3) is 0.480. The molecule has 2 atom stereocenters. The molecule has 1 aromatic heterocycles. The molecule has 0 radical (unpaired) electrons. The van der Waals surface area contributed by atoms with Crippen molar-refractivity contribution in [1.82, 2.24) is 14.7 Å². The number of anilines is 1. The Bertz CT molecular complexity index is 1140. The highest BCUT2D eigenvalue weighted by Gasteiger charge is 2.37. The fourth-order valence-corrected chi connectivity index (χ4v) is 4.61. The third kappa shape index (κ3) is 6.79. The van der Waals surface area contributed by atoms with Crippen LogP contribution in [0.15, 0.2) is 42.3 Å². The molecule has 3 heterocycles. The minimum atomic E-state index is -0.954. The normalized spacial score (nSPS) is 19.2. The van der Waals surface area contributed by atoms with E-state index in [-0.39, 0.29) is 36.0 Å². The summed E-state index contributed by atoms with van der Waals surface area (Å²) in [5, 5.41) is 17.8. The predicted molar refractivity (Wildman–Crippen MR) is 136 cm³/mol. The zero-order chi connectivity index (χ0) is 25.9. The lowest BCUT2D eigenvalue weighted by atomic mass is 10.00. The van der Waals surface area contributed by atoms with Crippen LogP contribution in [0.2, 0.25) is 10.0 Å². The van der Waals surface area contributed by atoms with Crippen LogP contribution in [0.25, 0.3) is 0 Å². The number of halogens is 2. The van der Waals surface area contributed by atoms with E-state index < -0.39 is 11.6 Å². The second kappa shape index (κ2) is 11.2. The zero-order valence-electron chi connectivity index (χ0n) is 20.2. The second-order valence-electron chi connectivity index (χ2n) is 9.67. The Kier molecular flexibility index (Phi) is 8.24. The molecule has 0 unspecified atom stereocenters. The first-order valence-electron chi connectivity index (χ1n) is 11.9. The molecular formula is C25H30Cl2N4O5. The van der Waals surface area contributed by atoms with Crippen LogP contribution in [0.1, 0.15) is 39.5 Å². The predicted octanol–water partition coefficient (Wildman–Crippen LogP) is 4.03. The number of carbonyl (C=O) groups is 2. The minimum Gasteiger partial charge on any atom is -0.458 e. The number of nitrogens with one attached hydrogen (secondary N) is 1. The first kappa shape index (κ1) is 26.5. The summed E-state index contributed by atoms with van der Waals surface area (Å²) >= 11 is 12.3. The second-order valence-corrected chi connectivity index (χ2v) is 10.5. The van der Waals surface area contributed by atoms with E-state index in [9.17, 15) is 14.7 Å². The van der Waals surface area contributed by atoms with E-state index in [2.05, 4.69) is 10.4 Å². The Hall–Kier alpha value is -2.59. The Labute approximate surface area is 219 Å². The largest absolute Gasteiger partial charge is 0.458 e. The van der Waals surface area contributed by atoms with Crippen LogP contribution in [-0.4, -0.2) is 62.5 Å². The number of ether oxygens (including phenoxy) is 2. The molecule has 0 spiro atoms. The van der Waals surface area contributed by atoms with Crippen LogP contribution in [0, 0.1) is 0 Å². The van der Waals surface area contributed by atoms with Crippen molar-refractivity contribution in [3.05, 3.63) is 52.3 Å². The quantitative estimate of drug-likeness (QED) is 0.501. The number of amides is 2. The van der Waals surface area contributed by atoms with Crippen LogP contribution < -0.4 is 10.1 Å². The number of rotatable bonds is 9. The highest BCUT2D eigenvalue weighted by atomic mass is 35.5. The van der Waals surface area contributed by atoms with Crippen molar-refractivity contribution >= 4 is 40.8 Å². The summed E-state index contributed by atoms with van der Waals surface area (Å²) in [6.07, 6.45) is 6.06. The van der Waals surface area contributed by atoms with E-state index in [0.717, 1.165) is 19.3 Å². The number of carbonyl (C=O) groups excluding carboxylic acids is 2. The summed E-state index contributed by atoms with van der Waals surface area (Å²) in [6, 6.07) is 5.85. The van der Waals surface area contributed by atoms with E-state index in [1.807, 2.05) is 0 Å². The standard InChI is InChI=1S/C25H30Cl2N4O5/c1-25(2,34)15-30-10-9-21(29-30)28-24(33)19(12-16-6-3-4-11-35-16)31-14-17(13-22(31)32)36-20-8-5-7-18(26)23(20)27/h5,7-10,13,16,19,34H,3-4,6,11-12,14-15H2,1-2H3,(H,28,29,33)/t16-,19+/m1/s1. The fourth-order valence-electron chi connectivity index (χ4n) is 4.28. The van der Waals surface area contributed by atoms with E-state index in [1.165, 1.54) is 11.0 Å². The van der Waals surface area contributed by atoms with Crippen molar-refractivity contribution < 1.29 is 24.2 Å². The van der Waals surface area contributed by atoms with E-state index >= 15 is 0 Å². The first-order chi connectivity index (χ1) is 17.1. The lowest BCUT2D eigenvalue weighted by molar-refractivity contribution is -0.135. The lowest BCUT2D eigenvalue weighted by Crippen LogP contribution is -2.48. The molecule has 9 nitrogen and oxygen atoms in total. The maximum atomic E-state index is 13.4. The smallest absolute Gasteiger partial charge is 0.251 e. The van der Waals surface area contributed by atoms with Crippen molar-refractivity contribution in [2.24, 2.45) is 0 Å². The van der Waals surface area contributed by atoms with Crippen LogP contribution in [-0.2, 0) is 20.9 Å². The van der Waals surface area contributed by atoms with Gasteiger partial charge in [0.2, 0.25) is 5.91 Å². The van der Waals surface area contributed by atoms with Gasteiger partial charge in [-0.2, -0.15) is 5.10 Å². The highest BCUT2D eigenvalue weighted by Crippen LogP contribution is 2.34. The minimum absolute atomic E-state index is 0.0968. The number of benzene rings is 1. The molecule has 11 heteroatoms. The molecule has 2 amide bonds. The molecule has 1 fully saturated rings. The molecule has 1 saturated heterocycles. The maximum absolute atomic E-state index is 13.4. The van der Waals surface area contributed by atoms with Gasteiger partial charge in [0.15, 0.2) is 5.82 Å². The van der Waals surface area contributed by atoms with Crippen molar-refractivity contribution in [1.29, 1.82) is 0 Å². The van der Waals surface area contributed by atoms with Crippen molar-refractivity contribution in [2.45, 2.75) is 63.8 Å². The van der Waals surface area contributed by atoms with Gasteiger partial charge < -0.3 is 24.8 Å². The topological polar surface area (TPSA) is 106 Å². The third-order valence-corrected chi connectivity index (χ3v) is 6.73. The molecule has 0 aliphatic carbocycles. The Morgan fingerprint density at radius 1 is 1.33 bits per heavy atom. The highest BCUT2D eigenvalue weighted by molar-refractivity contribution is 6.42. The van der Waals surface area contributed by atoms with E-state index in [1.54, 1.807) is 49.0 Å². The molecule has 2 aliphatic heterocycles. The van der Waals surface area contributed by atoms with Gasteiger partial charge in [0, 0.05) is 31.4 Å². The van der Waals surface area contributed by atoms with Crippen molar-refractivity contribution in [3.8, 4) is 5.75 Å². The Morgan fingerprint density at radius 2 is 2.14 bits per heavy atom. The summed E-state index contributed by atoms with van der Waals surface area (Å²) < 4.78 is 13.3. The number of aromatic nitrogens is 2. The number of nitrogens with zero attached hydrogens (tertiary/aromatic N) is 3. The molecule has 0 saturated carbocycles. The van der Waals surface area contributed by atoms with Crippen molar-refractivity contribution in [3.63, 3.8) is 0 Å². The van der Waals surface area contributed by atoms with Crippen LogP contribution in [0.3, 0.4) is 0 Å². The van der Waals surface area contributed by atoms with E-state index in [0.29, 0.717) is 35.4 Å². The van der Waals surface area contributed by atoms with Gasteiger partial charge in [-0.25, -0.2) is 0 Å². The van der Waals surface area contributed by atoms with Crippen molar-refractivity contribution in [2.75, 3.05) is 18.5 Å². The summed E-state index contributed by atoms with van der Waals surface area (Å²) in [5.41, 5.74) is -0.954. The molecule has 2 aliphatic rings. The Morgan fingerprint density at radius 3 is 2.86 bits per heavy atom. The lowest BCUT2D eigenvalue weighted by Gasteiger charge is -2.31.